The quantitative estimate of drug-likeness (QED) is 0.488. The first-order chi connectivity index (χ1) is 13.0. The second-order valence-electron chi connectivity index (χ2n) is 5.56. The Hall–Kier alpha value is -2.54. The van der Waals surface area contributed by atoms with Gasteiger partial charge in [-0.25, -0.2) is 0 Å². The van der Waals surface area contributed by atoms with Crippen LogP contribution in [0, 0.1) is 0 Å². The van der Waals surface area contributed by atoms with Crippen molar-refractivity contribution in [2.75, 3.05) is 10.6 Å². The fraction of sp³-hybridized carbons (Fsp3) is 0.0526. The van der Waals surface area contributed by atoms with E-state index in [0.717, 1.165) is 11.3 Å². The average molecular weight is 420 g/mol. The van der Waals surface area contributed by atoms with E-state index in [0.29, 0.717) is 27.4 Å². The van der Waals surface area contributed by atoms with E-state index in [4.69, 9.17) is 39.8 Å². The van der Waals surface area contributed by atoms with Crippen molar-refractivity contribution in [3.05, 3.63) is 82.2 Å². The zero-order valence-corrected chi connectivity index (χ0v) is 16.3. The van der Waals surface area contributed by atoms with Gasteiger partial charge in [0.25, 0.3) is 5.91 Å². The monoisotopic (exact) mass is 419 g/mol. The van der Waals surface area contributed by atoms with Crippen molar-refractivity contribution in [2.24, 2.45) is 0 Å². The first-order valence-electron chi connectivity index (χ1n) is 7.95. The van der Waals surface area contributed by atoms with Gasteiger partial charge in [-0.3, -0.25) is 4.79 Å². The predicted molar refractivity (Wildman–Crippen MR) is 113 cm³/mol. The molecule has 27 heavy (non-hydrogen) atoms. The van der Waals surface area contributed by atoms with E-state index in [1.54, 1.807) is 36.4 Å². The van der Waals surface area contributed by atoms with Gasteiger partial charge in [0.05, 0.1) is 16.3 Å². The fourth-order valence-electron chi connectivity index (χ4n) is 2.24. The Morgan fingerprint density at radius 3 is 2.30 bits per heavy atom. The van der Waals surface area contributed by atoms with Crippen molar-refractivity contribution in [3.8, 4) is 0 Å². The number of hydrogen-bond donors (Lipinski definition) is 3. The molecule has 5 nitrogen and oxygen atoms in total. The van der Waals surface area contributed by atoms with Crippen LogP contribution in [0.15, 0.2) is 65.3 Å². The second kappa shape index (κ2) is 8.90. The summed E-state index contributed by atoms with van der Waals surface area (Å²) in [6.45, 7) is 0.514. The van der Waals surface area contributed by atoms with Crippen molar-refractivity contribution in [2.45, 2.75) is 6.54 Å². The van der Waals surface area contributed by atoms with Gasteiger partial charge in [0.1, 0.15) is 0 Å². The molecule has 8 heteroatoms. The highest BCUT2D eigenvalue weighted by molar-refractivity contribution is 7.80. The Morgan fingerprint density at radius 1 is 0.963 bits per heavy atom. The van der Waals surface area contributed by atoms with E-state index in [1.165, 1.54) is 6.26 Å². The van der Waals surface area contributed by atoms with Crippen LogP contribution in [0.5, 0.6) is 0 Å². The van der Waals surface area contributed by atoms with E-state index in [1.807, 2.05) is 18.2 Å². The molecule has 1 aromatic heterocycles. The molecule has 0 atom stereocenters. The zero-order valence-electron chi connectivity index (χ0n) is 14.0. The zero-order chi connectivity index (χ0) is 19.2. The highest BCUT2D eigenvalue weighted by atomic mass is 35.5. The van der Waals surface area contributed by atoms with Crippen molar-refractivity contribution in [3.63, 3.8) is 0 Å². The van der Waals surface area contributed by atoms with Crippen LogP contribution in [0.4, 0.5) is 11.4 Å². The lowest BCUT2D eigenvalue weighted by Gasteiger charge is -2.12. The Bertz CT molecular complexity index is 944. The van der Waals surface area contributed by atoms with Crippen LogP contribution in [0.1, 0.15) is 16.1 Å². The Labute approximate surface area is 171 Å². The van der Waals surface area contributed by atoms with Gasteiger partial charge in [-0.2, -0.15) is 0 Å². The van der Waals surface area contributed by atoms with Gasteiger partial charge in [-0.15, -0.1) is 0 Å². The number of carbonyl (C=O) groups is 1. The summed E-state index contributed by atoms with van der Waals surface area (Å²) in [5, 5.41) is 10.4. The van der Waals surface area contributed by atoms with Crippen LogP contribution in [0.25, 0.3) is 0 Å². The molecule has 0 aliphatic carbocycles. The van der Waals surface area contributed by atoms with E-state index >= 15 is 0 Å². The first-order valence-corrected chi connectivity index (χ1v) is 9.11. The molecule has 1 heterocycles. The molecule has 3 aromatic rings. The normalized spacial score (nSPS) is 10.3. The van der Waals surface area contributed by atoms with Gasteiger partial charge in [-0.05, 0) is 66.3 Å². The van der Waals surface area contributed by atoms with Gasteiger partial charge in [0.2, 0.25) is 0 Å². The van der Waals surface area contributed by atoms with Crippen LogP contribution in [0.3, 0.4) is 0 Å². The summed E-state index contributed by atoms with van der Waals surface area (Å²) >= 11 is 17.2. The van der Waals surface area contributed by atoms with Crippen molar-refractivity contribution < 1.29 is 9.21 Å². The number of furan rings is 1. The third kappa shape index (κ3) is 5.47. The molecule has 0 saturated heterocycles. The number of halogens is 2. The van der Waals surface area contributed by atoms with Crippen LogP contribution >= 0.6 is 35.4 Å². The van der Waals surface area contributed by atoms with Gasteiger partial charge in [0.15, 0.2) is 10.9 Å². The molecule has 0 saturated carbocycles. The summed E-state index contributed by atoms with van der Waals surface area (Å²) in [6, 6.07) is 15.8. The van der Waals surface area contributed by atoms with Crippen LogP contribution < -0.4 is 16.0 Å². The number of nitrogens with one attached hydrogen (secondary N) is 3. The van der Waals surface area contributed by atoms with E-state index in [-0.39, 0.29) is 11.7 Å². The van der Waals surface area contributed by atoms with Gasteiger partial charge < -0.3 is 20.4 Å². The molecule has 1 amide bonds. The van der Waals surface area contributed by atoms with E-state index < -0.39 is 0 Å². The molecule has 0 aliphatic heterocycles. The topological polar surface area (TPSA) is 66.3 Å². The molecule has 0 spiro atoms. The SMILES string of the molecule is O=C(Nc1ccc(NC(=S)NCc2ccc(Cl)c(Cl)c2)cc1)c1ccco1. The van der Waals surface area contributed by atoms with Crippen LogP contribution in [0.2, 0.25) is 10.0 Å². The molecule has 2 aromatic carbocycles. The summed E-state index contributed by atoms with van der Waals surface area (Å²) in [5.41, 5.74) is 2.40. The minimum atomic E-state index is -0.306. The van der Waals surface area contributed by atoms with E-state index in [2.05, 4.69) is 16.0 Å². The van der Waals surface area contributed by atoms with Crippen LogP contribution in [-0.2, 0) is 6.54 Å². The minimum Gasteiger partial charge on any atom is -0.459 e. The Morgan fingerprint density at radius 2 is 1.67 bits per heavy atom. The lowest BCUT2D eigenvalue weighted by atomic mass is 10.2. The molecule has 3 rings (SSSR count). The third-order valence-electron chi connectivity index (χ3n) is 3.58. The molecule has 3 N–H and O–H groups in total. The van der Waals surface area contributed by atoms with Crippen LogP contribution in [-0.4, -0.2) is 11.0 Å². The van der Waals surface area contributed by atoms with E-state index in [9.17, 15) is 4.79 Å². The van der Waals surface area contributed by atoms with Gasteiger partial charge in [-0.1, -0.05) is 29.3 Å². The minimum absolute atomic E-state index is 0.255. The average Bonchev–Trinajstić information content (AvgIpc) is 3.19. The standard InChI is InChI=1S/C19H15Cl2N3O2S/c20-15-8-3-12(10-16(15)21)11-22-19(27)24-14-6-4-13(5-7-14)23-18(25)17-2-1-9-26-17/h1-10H,11H2,(H,23,25)(H2,22,24,27). The number of rotatable bonds is 5. The van der Waals surface area contributed by atoms with Gasteiger partial charge >= 0.3 is 0 Å². The third-order valence-corrected chi connectivity index (χ3v) is 4.57. The lowest BCUT2D eigenvalue weighted by Crippen LogP contribution is -2.27. The second-order valence-corrected chi connectivity index (χ2v) is 6.79. The van der Waals surface area contributed by atoms with Crippen molar-refractivity contribution in [1.82, 2.24) is 5.32 Å². The number of thiocarbonyl (C=S) groups is 1. The molecular weight excluding hydrogens is 405 g/mol. The number of carbonyl (C=O) groups excluding carboxylic acids is 1. The molecule has 0 unspecified atom stereocenters. The highest BCUT2D eigenvalue weighted by Crippen LogP contribution is 2.22. The largest absolute Gasteiger partial charge is 0.459 e. The maximum Gasteiger partial charge on any atom is 0.291 e. The maximum absolute atomic E-state index is 11.9. The molecule has 0 aliphatic rings. The smallest absolute Gasteiger partial charge is 0.291 e. The van der Waals surface area contributed by atoms with Gasteiger partial charge in [0, 0.05) is 17.9 Å². The molecule has 0 bridgehead atoms. The number of benzene rings is 2. The molecule has 138 valence electrons. The summed E-state index contributed by atoms with van der Waals surface area (Å²) in [4.78, 5) is 11.9. The summed E-state index contributed by atoms with van der Waals surface area (Å²) < 4.78 is 5.06. The highest BCUT2D eigenvalue weighted by Gasteiger charge is 2.08. The van der Waals surface area contributed by atoms with Crippen molar-refractivity contribution >= 4 is 57.8 Å². The Balaban J connectivity index is 1.50. The summed E-state index contributed by atoms with van der Waals surface area (Å²) in [7, 11) is 0. The number of hydrogen-bond acceptors (Lipinski definition) is 3. The van der Waals surface area contributed by atoms with Crippen molar-refractivity contribution in [1.29, 1.82) is 0 Å². The maximum atomic E-state index is 11.9. The summed E-state index contributed by atoms with van der Waals surface area (Å²) in [5.74, 6) is -0.0515. The lowest BCUT2D eigenvalue weighted by molar-refractivity contribution is 0.0996. The molecule has 0 radical (unpaired) electrons. The first kappa shape index (κ1) is 19.2. The molecule has 0 fully saturated rings. The number of amides is 1. The number of anilines is 2. The summed E-state index contributed by atoms with van der Waals surface area (Å²) in [6.07, 6.45) is 1.45. The fourth-order valence-corrected chi connectivity index (χ4v) is 2.76. The predicted octanol–water partition coefficient (Wildman–Crippen LogP) is 5.33. The Kier molecular flexibility index (Phi) is 6.34. The molecular formula is C19H15Cl2N3O2S.